The van der Waals surface area contributed by atoms with Crippen LogP contribution in [-0.4, -0.2) is 19.2 Å². The number of carbonyl (C=O) groups excluding carboxylic acids is 1. The lowest BCUT2D eigenvalue weighted by atomic mass is 10.6. The molecule has 64 valence electrons. The second-order valence-corrected chi connectivity index (χ2v) is 2.05. The van der Waals surface area contributed by atoms with Crippen LogP contribution in [0.3, 0.4) is 0 Å². The number of hydrogen-bond donors (Lipinski definition) is 0. The van der Waals surface area contributed by atoms with Crippen molar-refractivity contribution >= 4 is 17.6 Å². The van der Waals surface area contributed by atoms with Gasteiger partial charge < -0.3 is 9.47 Å². The molecule has 0 aromatic carbocycles. The zero-order valence-corrected chi connectivity index (χ0v) is 7.35. The molecule has 4 heteroatoms. The van der Waals surface area contributed by atoms with Gasteiger partial charge in [0.1, 0.15) is 6.26 Å². The van der Waals surface area contributed by atoms with E-state index in [0.717, 1.165) is 0 Å². The first-order chi connectivity index (χ1) is 5.22. The number of ether oxygens (including phenoxy) is 2. The first kappa shape index (κ1) is 10.3. The van der Waals surface area contributed by atoms with E-state index >= 15 is 0 Å². The van der Waals surface area contributed by atoms with Gasteiger partial charge in [-0.25, -0.2) is 4.79 Å². The lowest BCUT2D eigenvalue weighted by Gasteiger charge is -1.99. The predicted molar refractivity (Wildman–Crippen MR) is 42.2 cm³/mol. The second kappa shape index (κ2) is 6.04. The van der Waals surface area contributed by atoms with E-state index in [1.165, 1.54) is 6.26 Å². The monoisotopic (exact) mass is 178 g/mol. The topological polar surface area (TPSA) is 35.5 Å². The van der Waals surface area contributed by atoms with Gasteiger partial charge in [-0.1, -0.05) is 11.6 Å². The predicted octanol–water partition coefficient (Wildman–Crippen LogP) is 1.67. The highest BCUT2D eigenvalue weighted by atomic mass is 35.5. The highest BCUT2D eigenvalue weighted by Gasteiger charge is 2.06. The highest BCUT2D eigenvalue weighted by molar-refractivity contribution is 6.41. The van der Waals surface area contributed by atoms with Gasteiger partial charge in [0, 0.05) is 0 Å². The fraction of sp³-hybridized carbons (Fsp3) is 0.571. The molecule has 0 radical (unpaired) electrons. The van der Waals surface area contributed by atoms with E-state index < -0.39 is 5.97 Å². The Kier molecular flexibility index (Phi) is 5.65. The number of carbonyl (C=O) groups is 1. The van der Waals surface area contributed by atoms with Crippen LogP contribution in [0.25, 0.3) is 0 Å². The molecule has 0 aliphatic carbocycles. The van der Waals surface area contributed by atoms with Crippen LogP contribution in [0.4, 0.5) is 0 Å². The zero-order valence-electron chi connectivity index (χ0n) is 6.59. The maximum absolute atomic E-state index is 10.7. The summed E-state index contributed by atoms with van der Waals surface area (Å²) >= 11 is 5.45. The minimum Gasteiger partial charge on any atom is -0.500 e. The van der Waals surface area contributed by atoms with Crippen molar-refractivity contribution in [3.8, 4) is 0 Å². The minimum absolute atomic E-state index is 0.0336. The Morgan fingerprint density at radius 2 is 2.09 bits per heavy atom. The van der Waals surface area contributed by atoms with Gasteiger partial charge in [0.15, 0.2) is 5.03 Å². The van der Waals surface area contributed by atoms with Crippen molar-refractivity contribution in [2.75, 3.05) is 13.2 Å². The highest BCUT2D eigenvalue weighted by Crippen LogP contribution is 2.03. The van der Waals surface area contributed by atoms with Crippen molar-refractivity contribution in [1.82, 2.24) is 0 Å². The lowest BCUT2D eigenvalue weighted by molar-refractivity contribution is -0.137. The minimum atomic E-state index is -0.553. The van der Waals surface area contributed by atoms with Gasteiger partial charge in [-0.3, -0.25) is 0 Å². The molecule has 0 heterocycles. The normalized spacial score (nSPS) is 11.0. The fourth-order valence-corrected chi connectivity index (χ4v) is 0.522. The van der Waals surface area contributed by atoms with E-state index in [0.29, 0.717) is 13.2 Å². The van der Waals surface area contributed by atoms with E-state index in [1.54, 1.807) is 13.8 Å². The van der Waals surface area contributed by atoms with Gasteiger partial charge >= 0.3 is 5.97 Å². The summed E-state index contributed by atoms with van der Waals surface area (Å²) in [6.07, 6.45) is 1.18. The third-order valence-corrected chi connectivity index (χ3v) is 1.07. The molecule has 11 heavy (non-hydrogen) atoms. The van der Waals surface area contributed by atoms with Crippen molar-refractivity contribution < 1.29 is 14.3 Å². The lowest BCUT2D eigenvalue weighted by Crippen LogP contribution is -2.03. The molecular formula is C7H11ClO3. The van der Waals surface area contributed by atoms with Crippen molar-refractivity contribution in [1.29, 1.82) is 0 Å². The van der Waals surface area contributed by atoms with Crippen LogP contribution in [0.1, 0.15) is 13.8 Å². The average Bonchev–Trinajstić information content (AvgIpc) is 2.00. The first-order valence-corrected chi connectivity index (χ1v) is 3.74. The van der Waals surface area contributed by atoms with Gasteiger partial charge in [0.05, 0.1) is 13.2 Å². The molecule has 0 fully saturated rings. The Morgan fingerprint density at radius 1 is 1.45 bits per heavy atom. The molecule has 0 rings (SSSR count). The summed E-state index contributed by atoms with van der Waals surface area (Å²) in [5, 5.41) is -0.0336. The van der Waals surface area contributed by atoms with E-state index in [9.17, 15) is 4.79 Å². The summed E-state index contributed by atoms with van der Waals surface area (Å²) in [6, 6.07) is 0. The standard InChI is InChI=1S/C7H11ClO3/c1-3-10-5-6(8)7(9)11-4-2/h5H,3-4H2,1-2H3/b6-5+. The smallest absolute Gasteiger partial charge is 0.352 e. The molecule has 3 nitrogen and oxygen atoms in total. The third-order valence-electron chi connectivity index (χ3n) is 0.824. The van der Waals surface area contributed by atoms with Crippen LogP contribution in [0.2, 0.25) is 0 Å². The molecule has 0 amide bonds. The molecule has 0 atom stereocenters. The van der Waals surface area contributed by atoms with Gasteiger partial charge in [-0.15, -0.1) is 0 Å². The van der Waals surface area contributed by atoms with Gasteiger partial charge in [-0.2, -0.15) is 0 Å². The Balaban J connectivity index is 3.80. The maximum Gasteiger partial charge on any atom is 0.352 e. The van der Waals surface area contributed by atoms with Crippen LogP contribution in [-0.2, 0) is 14.3 Å². The summed E-state index contributed by atoms with van der Waals surface area (Å²) in [6.45, 7) is 4.30. The summed E-state index contributed by atoms with van der Waals surface area (Å²) in [5.41, 5.74) is 0. The summed E-state index contributed by atoms with van der Waals surface area (Å²) in [5.74, 6) is -0.553. The fourth-order valence-electron chi connectivity index (χ4n) is 0.405. The molecule has 0 aromatic heterocycles. The van der Waals surface area contributed by atoms with Crippen LogP contribution in [0, 0.1) is 0 Å². The molecule has 0 saturated carbocycles. The Bertz CT molecular complexity index is 154. The molecule has 0 saturated heterocycles. The molecule has 0 aliphatic heterocycles. The molecular weight excluding hydrogens is 168 g/mol. The summed E-state index contributed by atoms with van der Waals surface area (Å²) < 4.78 is 9.35. The van der Waals surface area contributed by atoms with Crippen LogP contribution in [0.15, 0.2) is 11.3 Å². The second-order valence-electron chi connectivity index (χ2n) is 1.64. The Hall–Kier alpha value is -0.700. The van der Waals surface area contributed by atoms with Crippen molar-refractivity contribution in [2.24, 2.45) is 0 Å². The van der Waals surface area contributed by atoms with Crippen LogP contribution >= 0.6 is 11.6 Å². The van der Waals surface area contributed by atoms with Crippen molar-refractivity contribution in [3.63, 3.8) is 0 Å². The number of rotatable bonds is 4. The van der Waals surface area contributed by atoms with Crippen molar-refractivity contribution in [2.45, 2.75) is 13.8 Å². The van der Waals surface area contributed by atoms with Crippen LogP contribution in [0.5, 0.6) is 0 Å². The molecule has 0 N–H and O–H groups in total. The number of halogens is 1. The molecule has 0 spiro atoms. The quantitative estimate of drug-likeness (QED) is 0.373. The zero-order chi connectivity index (χ0) is 8.69. The van der Waals surface area contributed by atoms with Crippen molar-refractivity contribution in [3.05, 3.63) is 11.3 Å². The van der Waals surface area contributed by atoms with E-state index in [-0.39, 0.29) is 5.03 Å². The molecule has 0 aliphatic rings. The van der Waals surface area contributed by atoms with Gasteiger partial charge in [-0.05, 0) is 13.8 Å². The SMILES string of the molecule is CCO/C=C(/Cl)C(=O)OCC. The van der Waals surface area contributed by atoms with Crippen LogP contribution < -0.4 is 0 Å². The van der Waals surface area contributed by atoms with Gasteiger partial charge in [0.2, 0.25) is 0 Å². The molecule has 0 bridgehead atoms. The molecule has 0 aromatic rings. The number of esters is 1. The maximum atomic E-state index is 10.7. The summed E-state index contributed by atoms with van der Waals surface area (Å²) in [7, 11) is 0. The Labute approximate surface area is 70.9 Å². The number of hydrogen-bond acceptors (Lipinski definition) is 3. The first-order valence-electron chi connectivity index (χ1n) is 3.36. The molecule has 0 unspecified atom stereocenters. The average molecular weight is 179 g/mol. The van der Waals surface area contributed by atoms with E-state index in [1.807, 2.05) is 0 Å². The summed E-state index contributed by atoms with van der Waals surface area (Å²) in [4.78, 5) is 10.7. The van der Waals surface area contributed by atoms with E-state index in [4.69, 9.17) is 16.3 Å². The van der Waals surface area contributed by atoms with Gasteiger partial charge in [0.25, 0.3) is 0 Å². The largest absolute Gasteiger partial charge is 0.500 e. The third kappa shape index (κ3) is 4.67. The Morgan fingerprint density at radius 3 is 2.55 bits per heavy atom. The van der Waals surface area contributed by atoms with E-state index in [2.05, 4.69) is 4.74 Å².